The maximum absolute atomic E-state index is 5.33. The lowest BCUT2D eigenvalue weighted by Gasteiger charge is -1.98. The molecule has 1 aromatic rings. The zero-order valence-electron chi connectivity index (χ0n) is 8.29. The molecule has 0 spiro atoms. The second kappa shape index (κ2) is 3.74. The van der Waals surface area contributed by atoms with E-state index in [-0.39, 0.29) is 0 Å². The minimum Gasteiger partial charge on any atom is -0.449 e. The maximum atomic E-state index is 5.33. The fourth-order valence-corrected chi connectivity index (χ4v) is 1.03. The maximum Gasteiger partial charge on any atom is 0.194 e. The van der Waals surface area contributed by atoms with E-state index in [1.54, 1.807) is 6.26 Å². The lowest BCUT2D eigenvalue weighted by molar-refractivity contribution is 0.457. The molecule has 1 heterocycles. The van der Waals surface area contributed by atoms with Crippen LogP contribution in [0.5, 0.6) is 0 Å². The van der Waals surface area contributed by atoms with Crippen molar-refractivity contribution in [3.05, 3.63) is 17.8 Å². The Bertz CT molecular complexity index is 238. The van der Waals surface area contributed by atoms with Gasteiger partial charge in [-0.15, -0.1) is 0 Å². The summed E-state index contributed by atoms with van der Waals surface area (Å²) in [5.41, 5.74) is 1.06. The van der Waals surface area contributed by atoms with E-state index in [2.05, 4.69) is 32.7 Å². The van der Waals surface area contributed by atoms with Gasteiger partial charge in [-0.05, 0) is 11.8 Å². The topological polar surface area (TPSA) is 26.0 Å². The molecule has 0 unspecified atom stereocenters. The number of nitrogens with zero attached hydrogens (tertiary/aromatic N) is 1. The Balaban J connectivity index is 2.64. The van der Waals surface area contributed by atoms with Crippen molar-refractivity contribution >= 4 is 0 Å². The summed E-state index contributed by atoms with van der Waals surface area (Å²) in [5, 5.41) is 0. The van der Waals surface area contributed by atoms with Crippen molar-refractivity contribution in [2.24, 2.45) is 5.92 Å². The van der Waals surface area contributed by atoms with E-state index in [9.17, 15) is 0 Å². The number of hydrogen-bond donors (Lipinski definition) is 0. The molecule has 68 valence electrons. The average Bonchev–Trinajstić information content (AvgIpc) is 2.34. The van der Waals surface area contributed by atoms with Crippen molar-refractivity contribution in [2.75, 3.05) is 0 Å². The molecule has 0 saturated heterocycles. The van der Waals surface area contributed by atoms with Crippen molar-refractivity contribution in [1.82, 2.24) is 4.98 Å². The van der Waals surface area contributed by atoms with Crippen LogP contribution in [-0.4, -0.2) is 4.98 Å². The van der Waals surface area contributed by atoms with Crippen LogP contribution in [0.2, 0.25) is 0 Å². The van der Waals surface area contributed by atoms with Gasteiger partial charge >= 0.3 is 0 Å². The van der Waals surface area contributed by atoms with Gasteiger partial charge in [0.05, 0.1) is 5.69 Å². The molecule has 0 saturated carbocycles. The second-order valence-corrected chi connectivity index (χ2v) is 3.92. The number of rotatable bonds is 3. The molecule has 1 aromatic heterocycles. The average molecular weight is 167 g/mol. The molecule has 12 heavy (non-hydrogen) atoms. The first-order valence-corrected chi connectivity index (χ1v) is 4.54. The van der Waals surface area contributed by atoms with Crippen molar-refractivity contribution in [2.45, 2.75) is 40.0 Å². The van der Waals surface area contributed by atoms with Crippen LogP contribution in [0.15, 0.2) is 10.7 Å². The van der Waals surface area contributed by atoms with Crippen LogP contribution in [0.4, 0.5) is 0 Å². The fourth-order valence-electron chi connectivity index (χ4n) is 1.03. The number of aromatic nitrogens is 1. The molecule has 2 nitrogen and oxygen atoms in total. The van der Waals surface area contributed by atoms with E-state index >= 15 is 0 Å². The predicted octanol–water partition coefficient (Wildman–Crippen LogP) is 3.00. The molecule has 0 radical (unpaired) electrons. The van der Waals surface area contributed by atoms with Gasteiger partial charge in [-0.3, -0.25) is 0 Å². The highest BCUT2D eigenvalue weighted by molar-refractivity contribution is 5.01. The van der Waals surface area contributed by atoms with Gasteiger partial charge in [0.2, 0.25) is 0 Å². The molecule has 0 aliphatic rings. The molecule has 0 aliphatic carbocycles. The Morgan fingerprint density at radius 2 is 2.00 bits per heavy atom. The molecule has 0 amide bonds. The Hall–Kier alpha value is -0.790. The first kappa shape index (κ1) is 9.30. The van der Waals surface area contributed by atoms with Crippen LogP contribution in [-0.2, 0) is 6.42 Å². The molecule has 1 rings (SSSR count). The Kier molecular flexibility index (Phi) is 2.90. The van der Waals surface area contributed by atoms with E-state index in [1.165, 1.54) is 0 Å². The third-order valence-corrected chi connectivity index (χ3v) is 1.74. The van der Waals surface area contributed by atoms with Gasteiger partial charge < -0.3 is 4.42 Å². The van der Waals surface area contributed by atoms with Crippen LogP contribution >= 0.6 is 0 Å². The largest absolute Gasteiger partial charge is 0.449 e. The van der Waals surface area contributed by atoms with E-state index < -0.39 is 0 Å². The Morgan fingerprint density at radius 1 is 1.33 bits per heavy atom. The Labute approximate surface area is 74.0 Å². The van der Waals surface area contributed by atoms with E-state index in [4.69, 9.17) is 4.42 Å². The van der Waals surface area contributed by atoms with Crippen LogP contribution in [0.25, 0.3) is 0 Å². The highest BCUT2D eigenvalue weighted by atomic mass is 16.3. The smallest absolute Gasteiger partial charge is 0.194 e. The van der Waals surface area contributed by atoms with Crippen LogP contribution in [0.3, 0.4) is 0 Å². The third kappa shape index (κ3) is 2.36. The Morgan fingerprint density at radius 3 is 2.42 bits per heavy atom. The van der Waals surface area contributed by atoms with E-state index in [1.807, 2.05) is 0 Å². The number of hydrogen-bond acceptors (Lipinski definition) is 2. The molecule has 0 N–H and O–H groups in total. The molecule has 0 atom stereocenters. The van der Waals surface area contributed by atoms with Crippen molar-refractivity contribution in [3.8, 4) is 0 Å². The van der Waals surface area contributed by atoms with Gasteiger partial charge in [0.25, 0.3) is 0 Å². The molecule has 2 heteroatoms. The first-order valence-electron chi connectivity index (χ1n) is 4.54. The molecule has 0 fully saturated rings. The quantitative estimate of drug-likeness (QED) is 0.691. The summed E-state index contributed by atoms with van der Waals surface area (Å²) in [6, 6.07) is 0. The summed E-state index contributed by atoms with van der Waals surface area (Å²) >= 11 is 0. The van der Waals surface area contributed by atoms with Gasteiger partial charge in [0.1, 0.15) is 6.26 Å². The summed E-state index contributed by atoms with van der Waals surface area (Å²) in [4.78, 5) is 4.38. The standard InChI is InChI=1S/C10H17NO/c1-7(2)5-10-11-9(6-12-10)8(3)4/h6-8H,5H2,1-4H3. The molecular weight excluding hydrogens is 150 g/mol. The highest BCUT2D eigenvalue weighted by Crippen LogP contribution is 2.15. The van der Waals surface area contributed by atoms with Gasteiger partial charge in [-0.2, -0.15) is 0 Å². The lowest BCUT2D eigenvalue weighted by Crippen LogP contribution is -1.95. The third-order valence-electron chi connectivity index (χ3n) is 1.74. The molecule has 0 aliphatic heterocycles. The predicted molar refractivity (Wildman–Crippen MR) is 49.1 cm³/mol. The summed E-state index contributed by atoms with van der Waals surface area (Å²) in [6.07, 6.45) is 2.70. The minimum atomic E-state index is 0.467. The molecule has 0 aromatic carbocycles. The minimum absolute atomic E-state index is 0.467. The van der Waals surface area contributed by atoms with Gasteiger partial charge in [-0.25, -0.2) is 4.98 Å². The normalized spacial score (nSPS) is 11.5. The van der Waals surface area contributed by atoms with E-state index in [0.29, 0.717) is 11.8 Å². The van der Waals surface area contributed by atoms with Gasteiger partial charge in [-0.1, -0.05) is 27.7 Å². The number of oxazole rings is 1. The van der Waals surface area contributed by atoms with E-state index in [0.717, 1.165) is 18.0 Å². The van der Waals surface area contributed by atoms with Gasteiger partial charge in [0.15, 0.2) is 5.89 Å². The fraction of sp³-hybridized carbons (Fsp3) is 0.700. The summed E-state index contributed by atoms with van der Waals surface area (Å²) < 4.78 is 5.33. The second-order valence-electron chi connectivity index (χ2n) is 3.92. The van der Waals surface area contributed by atoms with Crippen LogP contribution < -0.4 is 0 Å². The lowest BCUT2D eigenvalue weighted by atomic mass is 10.1. The molecular formula is C10H17NO. The first-order chi connectivity index (χ1) is 5.59. The van der Waals surface area contributed by atoms with Crippen molar-refractivity contribution in [3.63, 3.8) is 0 Å². The van der Waals surface area contributed by atoms with Crippen LogP contribution in [0.1, 0.15) is 45.2 Å². The zero-order valence-corrected chi connectivity index (χ0v) is 8.29. The summed E-state index contributed by atoms with van der Waals surface area (Å²) in [6.45, 7) is 8.58. The summed E-state index contributed by atoms with van der Waals surface area (Å²) in [7, 11) is 0. The zero-order chi connectivity index (χ0) is 9.14. The monoisotopic (exact) mass is 167 g/mol. The SMILES string of the molecule is CC(C)Cc1nc(C(C)C)co1. The summed E-state index contributed by atoms with van der Waals surface area (Å²) in [5.74, 6) is 1.95. The van der Waals surface area contributed by atoms with Crippen molar-refractivity contribution in [1.29, 1.82) is 0 Å². The molecule has 0 bridgehead atoms. The van der Waals surface area contributed by atoms with Crippen LogP contribution in [0, 0.1) is 5.92 Å². The van der Waals surface area contributed by atoms with Crippen molar-refractivity contribution < 1.29 is 4.42 Å². The van der Waals surface area contributed by atoms with Gasteiger partial charge in [0, 0.05) is 6.42 Å². The highest BCUT2D eigenvalue weighted by Gasteiger charge is 2.07.